The summed E-state index contributed by atoms with van der Waals surface area (Å²) in [5, 5.41) is 10.6. The van der Waals surface area contributed by atoms with Crippen LogP contribution in [0.2, 0.25) is 5.02 Å². The molecule has 3 rings (SSSR count). The second kappa shape index (κ2) is 4.99. The third kappa shape index (κ3) is 2.82. The highest BCUT2D eigenvalue weighted by molar-refractivity contribution is 6.30. The van der Waals surface area contributed by atoms with Gasteiger partial charge >= 0.3 is 0 Å². The fourth-order valence-electron chi connectivity index (χ4n) is 2.28. The van der Waals surface area contributed by atoms with E-state index in [9.17, 15) is 9.50 Å². The molecule has 0 bridgehead atoms. The molecule has 1 aliphatic rings. The van der Waals surface area contributed by atoms with Gasteiger partial charge < -0.3 is 9.67 Å². The van der Waals surface area contributed by atoms with E-state index in [4.69, 9.17) is 11.6 Å². The molecule has 1 saturated carbocycles. The Hall–Kier alpha value is -1.32. The van der Waals surface area contributed by atoms with Crippen LogP contribution in [0, 0.1) is 11.7 Å². The van der Waals surface area contributed by atoms with Gasteiger partial charge in [0.25, 0.3) is 0 Å². The summed E-state index contributed by atoms with van der Waals surface area (Å²) in [7, 11) is 0. The van der Waals surface area contributed by atoms with E-state index < -0.39 is 0 Å². The number of nitrogens with zero attached hydrogens (tertiary/aromatic N) is 1. The van der Waals surface area contributed by atoms with Crippen molar-refractivity contribution in [3.8, 4) is 0 Å². The lowest BCUT2D eigenvalue weighted by molar-refractivity contribution is 0.154. The molecule has 1 N–H and O–H groups in total. The smallest absolute Gasteiger partial charge is 0.128 e. The van der Waals surface area contributed by atoms with E-state index in [2.05, 4.69) is 0 Å². The van der Waals surface area contributed by atoms with Crippen LogP contribution in [0.3, 0.4) is 0 Å². The van der Waals surface area contributed by atoms with Crippen molar-refractivity contribution in [1.29, 1.82) is 0 Å². The first-order chi connectivity index (χ1) is 9.13. The molecule has 1 fully saturated rings. The summed E-state index contributed by atoms with van der Waals surface area (Å²) in [6, 6.07) is 6.44. The summed E-state index contributed by atoms with van der Waals surface area (Å²) in [5.74, 6) is 0.140. The molecule has 100 valence electrons. The van der Waals surface area contributed by atoms with Crippen LogP contribution in [0.15, 0.2) is 36.7 Å². The van der Waals surface area contributed by atoms with Crippen molar-refractivity contribution >= 4 is 11.6 Å². The summed E-state index contributed by atoms with van der Waals surface area (Å²) in [4.78, 5) is 0. The van der Waals surface area contributed by atoms with E-state index in [0.29, 0.717) is 23.0 Å². The zero-order chi connectivity index (χ0) is 13.4. The van der Waals surface area contributed by atoms with Crippen LogP contribution >= 0.6 is 11.6 Å². The SMILES string of the molecule is OC(c1ccn(Cc2cc(Cl)ccc2F)c1)C1CC1. The second-order valence-electron chi connectivity index (χ2n) is 5.14. The molecule has 2 nitrogen and oxygen atoms in total. The van der Waals surface area contributed by atoms with Crippen LogP contribution in [0.25, 0.3) is 0 Å². The van der Waals surface area contributed by atoms with Gasteiger partial charge in [0.2, 0.25) is 0 Å². The van der Waals surface area contributed by atoms with Crippen LogP contribution in [-0.4, -0.2) is 9.67 Å². The van der Waals surface area contributed by atoms with Crippen molar-refractivity contribution in [3.63, 3.8) is 0 Å². The summed E-state index contributed by atoms with van der Waals surface area (Å²) in [6.07, 6.45) is 5.54. The predicted molar refractivity (Wildman–Crippen MR) is 72.6 cm³/mol. The number of hydrogen-bond acceptors (Lipinski definition) is 1. The predicted octanol–water partition coefficient (Wildman–Crippen LogP) is 3.77. The Morgan fingerprint density at radius 3 is 2.89 bits per heavy atom. The fourth-order valence-corrected chi connectivity index (χ4v) is 2.47. The van der Waals surface area contributed by atoms with E-state index in [-0.39, 0.29) is 11.9 Å². The Balaban J connectivity index is 1.77. The van der Waals surface area contributed by atoms with E-state index in [1.165, 1.54) is 6.07 Å². The lowest BCUT2D eigenvalue weighted by Crippen LogP contribution is -2.01. The van der Waals surface area contributed by atoms with Crippen molar-refractivity contribution in [1.82, 2.24) is 4.57 Å². The Bertz CT molecular complexity index is 592. The maximum atomic E-state index is 13.6. The third-order valence-electron chi connectivity index (χ3n) is 3.54. The van der Waals surface area contributed by atoms with Gasteiger partial charge in [0, 0.05) is 29.5 Å². The molecule has 1 aromatic heterocycles. The monoisotopic (exact) mass is 279 g/mol. The van der Waals surface area contributed by atoms with Gasteiger partial charge in [0.05, 0.1) is 6.10 Å². The van der Waals surface area contributed by atoms with Gasteiger partial charge in [0.1, 0.15) is 5.82 Å². The minimum absolute atomic E-state index is 0.262. The lowest BCUT2D eigenvalue weighted by Gasteiger charge is -2.07. The molecule has 4 heteroatoms. The molecule has 1 heterocycles. The lowest BCUT2D eigenvalue weighted by atomic mass is 10.1. The highest BCUT2D eigenvalue weighted by atomic mass is 35.5. The molecule has 1 unspecified atom stereocenters. The van der Waals surface area contributed by atoms with Gasteiger partial charge in [-0.25, -0.2) is 4.39 Å². The number of aliphatic hydroxyl groups is 1. The summed E-state index contributed by atoms with van der Waals surface area (Å²) >= 11 is 5.87. The Morgan fingerprint density at radius 1 is 1.37 bits per heavy atom. The minimum Gasteiger partial charge on any atom is -0.388 e. The minimum atomic E-state index is -0.384. The van der Waals surface area contributed by atoms with Crippen molar-refractivity contribution in [3.05, 3.63) is 58.6 Å². The zero-order valence-corrected chi connectivity index (χ0v) is 11.1. The second-order valence-corrected chi connectivity index (χ2v) is 5.57. The average Bonchev–Trinajstić information content (AvgIpc) is 3.13. The van der Waals surface area contributed by atoms with E-state index >= 15 is 0 Å². The quantitative estimate of drug-likeness (QED) is 0.905. The number of benzene rings is 1. The Kier molecular flexibility index (Phi) is 3.33. The summed E-state index contributed by atoms with van der Waals surface area (Å²) in [5.41, 5.74) is 1.46. The standard InChI is InChI=1S/C15H15ClFNO/c16-13-3-4-14(17)12(7-13)9-18-6-5-11(8-18)15(19)10-1-2-10/h3-8,10,15,19H,1-2,9H2. The van der Waals surface area contributed by atoms with Crippen LogP contribution in [-0.2, 0) is 6.54 Å². The van der Waals surface area contributed by atoms with Gasteiger partial charge in [-0.3, -0.25) is 0 Å². The van der Waals surface area contributed by atoms with E-state index in [1.807, 2.05) is 23.0 Å². The fraction of sp³-hybridized carbons (Fsp3) is 0.333. The molecule has 0 spiro atoms. The molecular formula is C15H15ClFNO. The van der Waals surface area contributed by atoms with Crippen molar-refractivity contribution < 1.29 is 9.50 Å². The molecule has 1 aromatic carbocycles. The van der Waals surface area contributed by atoms with Gasteiger partial charge in [-0.05, 0) is 48.6 Å². The molecular weight excluding hydrogens is 265 g/mol. The molecule has 2 aromatic rings. The van der Waals surface area contributed by atoms with Crippen LogP contribution < -0.4 is 0 Å². The maximum Gasteiger partial charge on any atom is 0.128 e. The highest BCUT2D eigenvalue weighted by Crippen LogP contribution is 2.40. The van der Waals surface area contributed by atoms with E-state index in [1.54, 1.807) is 12.1 Å². The number of hydrogen-bond donors (Lipinski definition) is 1. The van der Waals surface area contributed by atoms with Crippen LogP contribution in [0.4, 0.5) is 4.39 Å². The van der Waals surface area contributed by atoms with Crippen molar-refractivity contribution in [2.24, 2.45) is 5.92 Å². The summed E-state index contributed by atoms with van der Waals surface area (Å²) in [6.45, 7) is 0.420. The van der Waals surface area contributed by atoms with Gasteiger partial charge in [0.15, 0.2) is 0 Å². The average molecular weight is 280 g/mol. The topological polar surface area (TPSA) is 25.2 Å². The highest BCUT2D eigenvalue weighted by Gasteiger charge is 2.31. The first-order valence-corrected chi connectivity index (χ1v) is 6.79. The molecule has 0 aliphatic heterocycles. The largest absolute Gasteiger partial charge is 0.388 e. The van der Waals surface area contributed by atoms with Gasteiger partial charge in [-0.15, -0.1) is 0 Å². The van der Waals surface area contributed by atoms with Crippen LogP contribution in [0.1, 0.15) is 30.1 Å². The number of aromatic nitrogens is 1. The van der Waals surface area contributed by atoms with Gasteiger partial charge in [-0.2, -0.15) is 0 Å². The van der Waals surface area contributed by atoms with Gasteiger partial charge in [-0.1, -0.05) is 11.6 Å². The molecule has 19 heavy (non-hydrogen) atoms. The number of rotatable bonds is 4. The molecule has 0 radical (unpaired) electrons. The third-order valence-corrected chi connectivity index (χ3v) is 3.78. The maximum absolute atomic E-state index is 13.6. The van der Waals surface area contributed by atoms with Crippen molar-refractivity contribution in [2.45, 2.75) is 25.5 Å². The molecule has 0 saturated heterocycles. The molecule has 1 atom stereocenters. The Morgan fingerprint density at radius 2 is 2.16 bits per heavy atom. The first kappa shape index (κ1) is 12.7. The number of aliphatic hydroxyl groups excluding tert-OH is 1. The molecule has 1 aliphatic carbocycles. The van der Waals surface area contributed by atoms with Crippen molar-refractivity contribution in [2.75, 3.05) is 0 Å². The zero-order valence-electron chi connectivity index (χ0n) is 10.4. The first-order valence-electron chi connectivity index (χ1n) is 6.41. The molecule has 0 amide bonds. The van der Waals surface area contributed by atoms with Crippen LogP contribution in [0.5, 0.6) is 0 Å². The number of halogens is 2. The summed E-state index contributed by atoms with van der Waals surface area (Å²) < 4.78 is 15.5. The van der Waals surface area contributed by atoms with E-state index in [0.717, 1.165) is 18.4 Å². The normalized spacial score (nSPS) is 16.6. The Labute approximate surface area is 116 Å².